The molecule has 0 fully saturated rings. The van der Waals surface area contributed by atoms with Gasteiger partial charge in [0, 0.05) is 16.8 Å². The number of carbonyl (C=O) groups is 1. The van der Waals surface area contributed by atoms with Gasteiger partial charge in [0.25, 0.3) is 0 Å². The van der Waals surface area contributed by atoms with Crippen LogP contribution in [0.3, 0.4) is 0 Å². The van der Waals surface area contributed by atoms with E-state index in [-0.39, 0.29) is 11.7 Å². The van der Waals surface area contributed by atoms with E-state index < -0.39 is 0 Å². The summed E-state index contributed by atoms with van der Waals surface area (Å²) in [5.74, 6) is 2.11. The van der Waals surface area contributed by atoms with E-state index in [1.54, 1.807) is 80.5 Å². The average molecular weight is 545 g/mol. The number of amides is 1. The first-order valence-corrected chi connectivity index (χ1v) is 12.4. The standard InChI is InChI=1S/C25H22Cl2N4O4S/c1-33-18-6-4-5-16(12-18)28-23(32)14-36-25-30-29-24(19-11-15(26)7-9-21(19)34-2)31(25)17-8-10-22(35-3)20(27)13-17/h4-13H,14H2,1-3H3,(H,28,32). The van der Waals surface area contributed by atoms with Gasteiger partial charge in [-0.05, 0) is 48.5 Å². The maximum atomic E-state index is 12.7. The highest BCUT2D eigenvalue weighted by molar-refractivity contribution is 7.99. The summed E-state index contributed by atoms with van der Waals surface area (Å²) in [5.41, 5.74) is 1.95. The van der Waals surface area contributed by atoms with Crippen molar-refractivity contribution in [1.82, 2.24) is 14.8 Å². The average Bonchev–Trinajstić information content (AvgIpc) is 3.31. The Bertz CT molecular complexity index is 1400. The Hall–Kier alpha value is -3.40. The van der Waals surface area contributed by atoms with Crippen LogP contribution >= 0.6 is 35.0 Å². The molecule has 1 aromatic heterocycles. The molecule has 186 valence electrons. The van der Waals surface area contributed by atoms with E-state index in [0.29, 0.717) is 55.2 Å². The number of methoxy groups -OCH3 is 3. The van der Waals surface area contributed by atoms with Gasteiger partial charge in [0.05, 0.1) is 43.4 Å². The van der Waals surface area contributed by atoms with Crippen molar-refractivity contribution in [1.29, 1.82) is 0 Å². The largest absolute Gasteiger partial charge is 0.497 e. The summed E-state index contributed by atoms with van der Waals surface area (Å²) in [6, 6.07) is 17.7. The Morgan fingerprint density at radius 1 is 0.944 bits per heavy atom. The molecule has 0 bridgehead atoms. The summed E-state index contributed by atoms with van der Waals surface area (Å²) in [5, 5.41) is 13.0. The molecule has 0 radical (unpaired) electrons. The summed E-state index contributed by atoms with van der Waals surface area (Å²) in [7, 11) is 4.68. The van der Waals surface area contributed by atoms with Crippen molar-refractivity contribution in [2.24, 2.45) is 0 Å². The number of ether oxygens (including phenoxy) is 3. The van der Waals surface area contributed by atoms with Gasteiger partial charge in [0.1, 0.15) is 17.2 Å². The second-order valence-corrected chi connectivity index (χ2v) is 9.16. The van der Waals surface area contributed by atoms with Gasteiger partial charge in [0.15, 0.2) is 11.0 Å². The number of anilines is 1. The number of aromatic nitrogens is 3. The van der Waals surface area contributed by atoms with Crippen molar-refractivity contribution in [3.05, 3.63) is 70.7 Å². The van der Waals surface area contributed by atoms with Gasteiger partial charge < -0.3 is 19.5 Å². The first-order chi connectivity index (χ1) is 17.4. The van der Waals surface area contributed by atoms with Crippen LogP contribution in [-0.4, -0.2) is 47.8 Å². The second-order valence-electron chi connectivity index (χ2n) is 7.37. The maximum absolute atomic E-state index is 12.7. The lowest BCUT2D eigenvalue weighted by Crippen LogP contribution is -2.14. The normalized spacial score (nSPS) is 10.7. The third-order valence-electron chi connectivity index (χ3n) is 5.12. The SMILES string of the molecule is COc1cccc(NC(=O)CSc2nnc(-c3cc(Cl)ccc3OC)n2-c2ccc(OC)c(Cl)c2)c1. The molecule has 11 heteroatoms. The number of hydrogen-bond acceptors (Lipinski definition) is 7. The minimum absolute atomic E-state index is 0.0892. The van der Waals surface area contributed by atoms with E-state index in [1.807, 2.05) is 6.07 Å². The Morgan fingerprint density at radius 2 is 1.72 bits per heavy atom. The van der Waals surface area contributed by atoms with Crippen LogP contribution in [0.4, 0.5) is 5.69 Å². The summed E-state index contributed by atoms with van der Waals surface area (Å²) >= 11 is 13.9. The van der Waals surface area contributed by atoms with Crippen LogP contribution in [0.2, 0.25) is 10.0 Å². The van der Waals surface area contributed by atoms with Crippen LogP contribution in [0.1, 0.15) is 0 Å². The summed E-state index contributed by atoms with van der Waals surface area (Å²) in [6.45, 7) is 0. The smallest absolute Gasteiger partial charge is 0.234 e. The number of halogens is 2. The molecule has 4 aromatic rings. The van der Waals surface area contributed by atoms with Crippen molar-refractivity contribution >= 4 is 46.6 Å². The molecule has 4 rings (SSSR count). The molecule has 0 saturated carbocycles. The molecule has 3 aromatic carbocycles. The second kappa shape index (κ2) is 11.6. The Balaban J connectivity index is 1.68. The zero-order chi connectivity index (χ0) is 25.7. The lowest BCUT2D eigenvalue weighted by atomic mass is 10.2. The van der Waals surface area contributed by atoms with Crippen molar-refractivity contribution in [3.8, 4) is 34.3 Å². The number of rotatable bonds is 9. The third kappa shape index (κ3) is 5.70. The van der Waals surface area contributed by atoms with E-state index in [2.05, 4.69) is 15.5 Å². The monoisotopic (exact) mass is 544 g/mol. The number of nitrogens with zero attached hydrogens (tertiary/aromatic N) is 3. The Morgan fingerprint density at radius 3 is 2.44 bits per heavy atom. The van der Waals surface area contributed by atoms with Crippen molar-refractivity contribution < 1.29 is 19.0 Å². The minimum Gasteiger partial charge on any atom is -0.497 e. The van der Waals surface area contributed by atoms with Crippen molar-refractivity contribution in [2.45, 2.75) is 5.16 Å². The Labute approximate surface area is 222 Å². The zero-order valence-corrected chi connectivity index (χ0v) is 21.9. The van der Waals surface area contributed by atoms with Crippen LogP contribution in [0.15, 0.2) is 65.8 Å². The minimum atomic E-state index is -0.211. The third-order valence-corrected chi connectivity index (χ3v) is 6.57. The first kappa shape index (κ1) is 25.7. The lowest BCUT2D eigenvalue weighted by molar-refractivity contribution is -0.113. The molecule has 0 unspecified atom stereocenters. The van der Waals surface area contributed by atoms with Gasteiger partial charge in [-0.3, -0.25) is 9.36 Å². The topological polar surface area (TPSA) is 87.5 Å². The first-order valence-electron chi connectivity index (χ1n) is 10.6. The number of nitrogens with one attached hydrogen (secondary N) is 1. The number of thioether (sulfide) groups is 1. The highest BCUT2D eigenvalue weighted by atomic mass is 35.5. The van der Waals surface area contributed by atoms with Crippen LogP contribution in [0.5, 0.6) is 17.2 Å². The fourth-order valence-electron chi connectivity index (χ4n) is 3.45. The van der Waals surface area contributed by atoms with E-state index in [4.69, 9.17) is 37.4 Å². The highest BCUT2D eigenvalue weighted by Gasteiger charge is 2.21. The summed E-state index contributed by atoms with van der Waals surface area (Å²) in [4.78, 5) is 12.7. The molecule has 1 N–H and O–H groups in total. The van der Waals surface area contributed by atoms with Gasteiger partial charge in [-0.2, -0.15) is 0 Å². The fourth-order valence-corrected chi connectivity index (χ4v) is 4.62. The van der Waals surface area contributed by atoms with Crippen LogP contribution in [0, 0.1) is 0 Å². The van der Waals surface area contributed by atoms with Gasteiger partial charge in [-0.15, -0.1) is 10.2 Å². The fraction of sp³-hybridized carbons (Fsp3) is 0.160. The quantitative estimate of drug-likeness (QED) is 0.258. The molecule has 0 spiro atoms. The molecule has 0 saturated heterocycles. The molecular formula is C25H22Cl2N4O4S. The zero-order valence-electron chi connectivity index (χ0n) is 19.6. The van der Waals surface area contributed by atoms with E-state index in [9.17, 15) is 4.79 Å². The molecule has 36 heavy (non-hydrogen) atoms. The predicted octanol–water partition coefficient (Wildman–Crippen LogP) is 6.00. The number of carbonyl (C=O) groups excluding carboxylic acids is 1. The summed E-state index contributed by atoms with van der Waals surface area (Å²) in [6.07, 6.45) is 0. The van der Waals surface area contributed by atoms with Gasteiger partial charge >= 0.3 is 0 Å². The van der Waals surface area contributed by atoms with Gasteiger partial charge in [-0.25, -0.2) is 0 Å². The molecular weight excluding hydrogens is 523 g/mol. The van der Waals surface area contributed by atoms with Crippen LogP contribution in [-0.2, 0) is 4.79 Å². The van der Waals surface area contributed by atoms with Gasteiger partial charge in [-0.1, -0.05) is 41.0 Å². The molecule has 0 aliphatic carbocycles. The van der Waals surface area contributed by atoms with Crippen molar-refractivity contribution in [3.63, 3.8) is 0 Å². The molecule has 8 nitrogen and oxygen atoms in total. The van der Waals surface area contributed by atoms with Crippen LogP contribution in [0.25, 0.3) is 17.1 Å². The number of hydrogen-bond donors (Lipinski definition) is 1. The van der Waals surface area contributed by atoms with E-state index in [0.717, 1.165) is 0 Å². The van der Waals surface area contributed by atoms with Crippen molar-refractivity contribution in [2.75, 3.05) is 32.4 Å². The molecule has 0 aliphatic heterocycles. The molecule has 1 heterocycles. The van der Waals surface area contributed by atoms with Crippen LogP contribution < -0.4 is 19.5 Å². The summed E-state index contributed by atoms with van der Waals surface area (Å²) < 4.78 is 17.8. The predicted molar refractivity (Wildman–Crippen MR) is 142 cm³/mol. The molecule has 0 aliphatic rings. The maximum Gasteiger partial charge on any atom is 0.234 e. The highest BCUT2D eigenvalue weighted by Crippen LogP contribution is 2.36. The van der Waals surface area contributed by atoms with Gasteiger partial charge in [0.2, 0.25) is 5.91 Å². The molecule has 1 amide bonds. The Kier molecular flexibility index (Phi) is 8.25. The lowest BCUT2D eigenvalue weighted by Gasteiger charge is -2.14. The molecule has 0 atom stereocenters. The van der Waals surface area contributed by atoms with E-state index >= 15 is 0 Å². The van der Waals surface area contributed by atoms with E-state index in [1.165, 1.54) is 11.8 Å². The number of benzene rings is 3.